The average Bonchev–Trinajstić information content (AvgIpc) is 3.13. The third kappa shape index (κ3) is 3.84. The van der Waals surface area contributed by atoms with E-state index in [1.165, 1.54) is 30.1 Å². The molecule has 1 aromatic carbocycles. The van der Waals surface area contributed by atoms with Gasteiger partial charge in [-0.2, -0.15) is 5.10 Å². The molecular formula is C18H16Cl2N6O2. The molecule has 8 nitrogen and oxygen atoms in total. The Morgan fingerprint density at radius 1 is 1.21 bits per heavy atom. The first kappa shape index (κ1) is 19.8. The van der Waals surface area contributed by atoms with Gasteiger partial charge in [0, 0.05) is 18.3 Å². The van der Waals surface area contributed by atoms with Crippen LogP contribution in [-0.4, -0.2) is 38.6 Å². The number of aryl methyl sites for hydroxylation is 1. The maximum atomic E-state index is 12.9. The molecule has 0 aliphatic carbocycles. The highest BCUT2D eigenvalue weighted by Crippen LogP contribution is 2.27. The van der Waals surface area contributed by atoms with Gasteiger partial charge in [-0.3, -0.25) is 14.6 Å². The largest absolute Gasteiger partial charge is 0.320 e. The highest BCUT2D eigenvalue weighted by Gasteiger charge is 2.22. The van der Waals surface area contributed by atoms with Crippen LogP contribution in [0.3, 0.4) is 0 Å². The van der Waals surface area contributed by atoms with Gasteiger partial charge in [-0.1, -0.05) is 23.2 Å². The molecule has 0 aliphatic heterocycles. The molecule has 3 aromatic rings. The number of aromatic nitrogens is 3. The molecule has 0 spiro atoms. The van der Waals surface area contributed by atoms with E-state index < -0.39 is 11.8 Å². The normalized spacial score (nSPS) is 10.6. The van der Waals surface area contributed by atoms with E-state index in [9.17, 15) is 9.59 Å². The molecule has 0 saturated carbocycles. The van der Waals surface area contributed by atoms with Gasteiger partial charge in [-0.05, 0) is 42.8 Å². The molecule has 3 N–H and O–H groups in total. The summed E-state index contributed by atoms with van der Waals surface area (Å²) in [6, 6.07) is 7.92. The highest BCUT2D eigenvalue weighted by molar-refractivity contribution is 6.32. The molecule has 0 fully saturated rings. The van der Waals surface area contributed by atoms with E-state index in [0.717, 1.165) is 5.01 Å². The monoisotopic (exact) mass is 418 g/mol. The van der Waals surface area contributed by atoms with Crippen LogP contribution in [0.25, 0.3) is 5.82 Å². The zero-order valence-corrected chi connectivity index (χ0v) is 16.5. The fourth-order valence-electron chi connectivity index (χ4n) is 2.62. The molecule has 2 heterocycles. The number of hydrogen-bond donors (Lipinski definition) is 2. The van der Waals surface area contributed by atoms with Crippen LogP contribution in [0.2, 0.25) is 10.0 Å². The topological polar surface area (TPSA) is 106 Å². The van der Waals surface area contributed by atoms with Gasteiger partial charge in [0.25, 0.3) is 11.8 Å². The number of hydrazine groups is 1. The molecule has 0 bridgehead atoms. The van der Waals surface area contributed by atoms with Crippen LogP contribution in [0, 0.1) is 6.92 Å². The number of anilines is 1. The Hall–Kier alpha value is -2.94. The number of rotatable bonds is 4. The van der Waals surface area contributed by atoms with E-state index in [-0.39, 0.29) is 11.3 Å². The number of nitrogens with zero attached hydrogens (tertiary/aromatic N) is 4. The molecule has 0 radical (unpaired) electrons. The van der Waals surface area contributed by atoms with Crippen LogP contribution in [0.5, 0.6) is 0 Å². The summed E-state index contributed by atoms with van der Waals surface area (Å²) in [6.07, 6.45) is 3.00. The van der Waals surface area contributed by atoms with E-state index in [1.807, 2.05) is 0 Å². The quantitative estimate of drug-likeness (QED) is 0.384. The van der Waals surface area contributed by atoms with Crippen molar-refractivity contribution in [1.29, 1.82) is 0 Å². The van der Waals surface area contributed by atoms with E-state index in [4.69, 9.17) is 29.0 Å². The summed E-state index contributed by atoms with van der Waals surface area (Å²) in [5.74, 6) is 4.88. The first-order valence-electron chi connectivity index (χ1n) is 8.08. The second kappa shape index (κ2) is 7.97. The third-order valence-electron chi connectivity index (χ3n) is 3.90. The Morgan fingerprint density at radius 3 is 2.64 bits per heavy atom. The van der Waals surface area contributed by atoms with Gasteiger partial charge in [0.05, 0.1) is 22.5 Å². The Bertz CT molecular complexity index is 1060. The summed E-state index contributed by atoms with van der Waals surface area (Å²) in [5.41, 5.74) is 1.27. The Balaban J connectivity index is 2.01. The average molecular weight is 419 g/mol. The molecule has 2 amide bonds. The number of pyridine rings is 1. The molecule has 0 aliphatic rings. The highest BCUT2D eigenvalue weighted by atomic mass is 35.5. The number of hydrogen-bond acceptors (Lipinski definition) is 5. The number of benzene rings is 1. The second-order valence-electron chi connectivity index (χ2n) is 5.95. The fourth-order valence-corrected chi connectivity index (χ4v) is 3.10. The number of carbonyl (C=O) groups is 2. The summed E-state index contributed by atoms with van der Waals surface area (Å²) in [7, 11) is 1.41. The van der Waals surface area contributed by atoms with Gasteiger partial charge in [0.15, 0.2) is 5.82 Å². The Morgan fingerprint density at radius 2 is 1.96 bits per heavy atom. The predicted octanol–water partition coefficient (Wildman–Crippen LogP) is 3.08. The minimum Gasteiger partial charge on any atom is -0.320 e. The van der Waals surface area contributed by atoms with Crippen LogP contribution in [0.15, 0.2) is 42.7 Å². The lowest BCUT2D eigenvalue weighted by Crippen LogP contribution is -2.34. The lowest BCUT2D eigenvalue weighted by molar-refractivity contribution is 0.0796. The van der Waals surface area contributed by atoms with Crippen molar-refractivity contribution in [2.75, 3.05) is 12.4 Å². The SMILES string of the molecule is Cc1cc(Cl)cc(C(=O)N(C)N)c1NC(=O)c1ccnn1-c1ncccc1Cl. The van der Waals surface area contributed by atoms with Crippen molar-refractivity contribution < 1.29 is 9.59 Å². The number of halogens is 2. The molecule has 144 valence electrons. The van der Waals surface area contributed by atoms with E-state index in [0.29, 0.717) is 27.1 Å². The van der Waals surface area contributed by atoms with Crippen molar-refractivity contribution in [3.8, 4) is 5.82 Å². The summed E-state index contributed by atoms with van der Waals surface area (Å²) in [5, 5.41) is 8.47. The first-order chi connectivity index (χ1) is 13.3. The van der Waals surface area contributed by atoms with Gasteiger partial charge >= 0.3 is 0 Å². The molecular weight excluding hydrogens is 403 g/mol. The summed E-state index contributed by atoms with van der Waals surface area (Å²) in [6.45, 7) is 1.72. The van der Waals surface area contributed by atoms with Crippen LogP contribution < -0.4 is 11.2 Å². The van der Waals surface area contributed by atoms with Crippen LogP contribution in [0.1, 0.15) is 26.4 Å². The second-order valence-corrected chi connectivity index (χ2v) is 6.80. The molecule has 3 rings (SSSR count). The Kier molecular flexibility index (Phi) is 5.64. The van der Waals surface area contributed by atoms with Gasteiger partial charge in [0.1, 0.15) is 5.69 Å². The van der Waals surface area contributed by atoms with Crippen LogP contribution in [0.4, 0.5) is 5.69 Å². The zero-order chi connectivity index (χ0) is 20.4. The summed E-state index contributed by atoms with van der Waals surface area (Å²) in [4.78, 5) is 29.5. The number of amides is 2. The molecule has 0 unspecified atom stereocenters. The van der Waals surface area contributed by atoms with Crippen molar-refractivity contribution in [2.45, 2.75) is 6.92 Å². The lowest BCUT2D eigenvalue weighted by Gasteiger charge is -2.17. The molecule has 28 heavy (non-hydrogen) atoms. The zero-order valence-electron chi connectivity index (χ0n) is 15.0. The molecule has 10 heteroatoms. The Labute approximate surface area is 170 Å². The van der Waals surface area contributed by atoms with Crippen LogP contribution in [-0.2, 0) is 0 Å². The van der Waals surface area contributed by atoms with Crippen LogP contribution >= 0.6 is 23.2 Å². The standard InChI is InChI=1S/C18H16Cl2N6O2/c1-10-8-11(19)9-12(18(28)25(2)21)15(10)24-17(27)14-5-7-23-26(14)16-13(20)4-3-6-22-16/h3-9H,21H2,1-2H3,(H,24,27). The summed E-state index contributed by atoms with van der Waals surface area (Å²) < 4.78 is 1.32. The maximum Gasteiger partial charge on any atom is 0.274 e. The minimum atomic E-state index is -0.502. The number of nitrogens with one attached hydrogen (secondary N) is 1. The predicted molar refractivity (Wildman–Crippen MR) is 107 cm³/mol. The van der Waals surface area contributed by atoms with E-state index in [2.05, 4.69) is 15.4 Å². The molecule has 2 aromatic heterocycles. The maximum absolute atomic E-state index is 12.9. The van der Waals surface area contributed by atoms with Crippen molar-refractivity contribution in [3.05, 3.63) is 69.6 Å². The third-order valence-corrected chi connectivity index (χ3v) is 4.42. The van der Waals surface area contributed by atoms with Gasteiger partial charge in [0.2, 0.25) is 0 Å². The number of carbonyl (C=O) groups excluding carboxylic acids is 2. The van der Waals surface area contributed by atoms with Crippen molar-refractivity contribution >= 4 is 40.7 Å². The van der Waals surface area contributed by atoms with E-state index in [1.54, 1.807) is 31.3 Å². The van der Waals surface area contributed by atoms with Gasteiger partial charge in [-0.15, -0.1) is 0 Å². The first-order valence-corrected chi connectivity index (χ1v) is 8.84. The smallest absolute Gasteiger partial charge is 0.274 e. The summed E-state index contributed by atoms with van der Waals surface area (Å²) >= 11 is 12.2. The minimum absolute atomic E-state index is 0.172. The fraction of sp³-hybridized carbons (Fsp3) is 0.111. The molecule has 0 atom stereocenters. The van der Waals surface area contributed by atoms with Crippen molar-refractivity contribution in [2.24, 2.45) is 5.84 Å². The lowest BCUT2D eigenvalue weighted by atomic mass is 10.1. The van der Waals surface area contributed by atoms with Crippen molar-refractivity contribution in [1.82, 2.24) is 19.8 Å². The van der Waals surface area contributed by atoms with Crippen molar-refractivity contribution in [3.63, 3.8) is 0 Å². The van der Waals surface area contributed by atoms with Gasteiger partial charge < -0.3 is 5.32 Å². The van der Waals surface area contributed by atoms with Gasteiger partial charge in [-0.25, -0.2) is 15.5 Å². The van der Waals surface area contributed by atoms with E-state index >= 15 is 0 Å². The molecule has 0 saturated heterocycles. The number of nitrogens with two attached hydrogens (primary N) is 1.